The number of halogens is 1. The maximum atomic E-state index is 13.3. The lowest BCUT2D eigenvalue weighted by Gasteiger charge is -2.12. The molecule has 1 fully saturated rings. The van der Waals surface area contributed by atoms with Gasteiger partial charge in [0.2, 0.25) is 5.91 Å². The van der Waals surface area contributed by atoms with Crippen molar-refractivity contribution in [3.05, 3.63) is 64.3 Å². The molecule has 9 heteroatoms. The maximum absolute atomic E-state index is 13.3. The minimum atomic E-state index is -0.512. The molecule has 3 rings (SSSR count). The number of nitrogens with zero attached hydrogens (tertiary/aromatic N) is 1. The summed E-state index contributed by atoms with van der Waals surface area (Å²) < 4.78 is 13.3. The number of hydrogen-bond acceptors (Lipinski definition) is 6. The Morgan fingerprint density at radius 3 is 2.67 bits per heavy atom. The molecule has 156 valence electrons. The van der Waals surface area contributed by atoms with Gasteiger partial charge in [0, 0.05) is 19.5 Å². The zero-order valence-corrected chi connectivity index (χ0v) is 16.6. The summed E-state index contributed by atoms with van der Waals surface area (Å²) in [4.78, 5) is 37.7. The average Bonchev–Trinajstić information content (AvgIpc) is 2.96. The van der Waals surface area contributed by atoms with E-state index in [1.165, 1.54) is 36.4 Å². The van der Waals surface area contributed by atoms with Crippen molar-refractivity contribution in [1.82, 2.24) is 10.2 Å². The number of imide groups is 1. The van der Waals surface area contributed by atoms with Gasteiger partial charge in [-0.15, -0.1) is 0 Å². The summed E-state index contributed by atoms with van der Waals surface area (Å²) in [5.74, 6) is -1.73. The van der Waals surface area contributed by atoms with Crippen molar-refractivity contribution >= 4 is 34.9 Å². The van der Waals surface area contributed by atoms with E-state index in [9.17, 15) is 29.0 Å². The minimum absolute atomic E-state index is 0.0495. The first-order chi connectivity index (χ1) is 14.3. The lowest BCUT2D eigenvalue weighted by atomic mass is 10.1. The molecular formula is C21H19FN2O5S. The predicted octanol–water partition coefficient (Wildman–Crippen LogP) is 3.02. The molecule has 1 aliphatic heterocycles. The predicted molar refractivity (Wildman–Crippen MR) is 110 cm³/mol. The SMILES string of the molecule is O=C(CCN1C(=O)SC(=Cc2cccc(F)c2)C1=O)NCCc1ccc(O)c(O)c1. The number of aromatic hydroxyl groups is 2. The largest absolute Gasteiger partial charge is 0.504 e. The number of carbonyl (C=O) groups excluding carboxylic acids is 3. The zero-order chi connectivity index (χ0) is 21.7. The quantitative estimate of drug-likeness (QED) is 0.461. The Morgan fingerprint density at radius 2 is 1.93 bits per heavy atom. The molecule has 3 amide bonds. The number of nitrogens with one attached hydrogen (secondary N) is 1. The van der Waals surface area contributed by atoms with Crippen LogP contribution in [0.1, 0.15) is 17.5 Å². The molecule has 2 aromatic carbocycles. The number of phenolic OH excluding ortho intramolecular Hbond substituents is 2. The van der Waals surface area contributed by atoms with E-state index in [0.717, 1.165) is 22.2 Å². The van der Waals surface area contributed by atoms with E-state index >= 15 is 0 Å². The fourth-order valence-corrected chi connectivity index (χ4v) is 3.68. The van der Waals surface area contributed by atoms with Gasteiger partial charge in [-0.1, -0.05) is 18.2 Å². The highest BCUT2D eigenvalue weighted by Crippen LogP contribution is 2.32. The van der Waals surface area contributed by atoms with E-state index in [-0.39, 0.29) is 35.3 Å². The van der Waals surface area contributed by atoms with Crippen molar-refractivity contribution in [3.8, 4) is 11.5 Å². The molecule has 0 atom stereocenters. The number of phenols is 2. The second-order valence-corrected chi connectivity index (χ2v) is 7.55. The van der Waals surface area contributed by atoms with Crippen molar-refractivity contribution in [3.63, 3.8) is 0 Å². The Bertz CT molecular complexity index is 1020. The maximum Gasteiger partial charge on any atom is 0.293 e. The Morgan fingerprint density at radius 1 is 1.13 bits per heavy atom. The number of thioether (sulfide) groups is 1. The number of hydrogen-bond donors (Lipinski definition) is 3. The lowest BCUT2D eigenvalue weighted by molar-refractivity contribution is -0.124. The van der Waals surface area contributed by atoms with Gasteiger partial charge in [-0.05, 0) is 59.7 Å². The Hall–Kier alpha value is -3.33. The molecule has 3 N–H and O–H groups in total. The summed E-state index contributed by atoms with van der Waals surface area (Å²) in [6.07, 6.45) is 1.84. The molecular weight excluding hydrogens is 411 g/mol. The third kappa shape index (κ3) is 5.38. The summed E-state index contributed by atoms with van der Waals surface area (Å²) >= 11 is 0.752. The highest BCUT2D eigenvalue weighted by molar-refractivity contribution is 8.18. The van der Waals surface area contributed by atoms with Gasteiger partial charge in [-0.3, -0.25) is 19.3 Å². The Balaban J connectivity index is 1.48. The van der Waals surface area contributed by atoms with E-state index in [2.05, 4.69) is 5.32 Å². The number of carbonyl (C=O) groups is 3. The molecule has 2 aromatic rings. The third-order valence-electron chi connectivity index (χ3n) is 4.36. The van der Waals surface area contributed by atoms with Gasteiger partial charge in [-0.2, -0.15) is 0 Å². The van der Waals surface area contributed by atoms with Crippen LogP contribution in [0.5, 0.6) is 11.5 Å². The molecule has 0 saturated carbocycles. The third-order valence-corrected chi connectivity index (χ3v) is 5.27. The molecule has 1 aliphatic rings. The first-order valence-electron chi connectivity index (χ1n) is 9.12. The van der Waals surface area contributed by atoms with Crippen LogP contribution >= 0.6 is 11.8 Å². The number of amides is 3. The molecule has 1 saturated heterocycles. The topological polar surface area (TPSA) is 107 Å². The van der Waals surface area contributed by atoms with Crippen LogP contribution in [0, 0.1) is 5.82 Å². The molecule has 1 heterocycles. The van der Waals surface area contributed by atoms with Crippen molar-refractivity contribution in [2.45, 2.75) is 12.8 Å². The van der Waals surface area contributed by atoms with Crippen LogP contribution in [-0.2, 0) is 16.0 Å². The second-order valence-electron chi connectivity index (χ2n) is 6.56. The Labute approximate surface area is 176 Å². The van der Waals surface area contributed by atoms with Gasteiger partial charge >= 0.3 is 0 Å². The minimum Gasteiger partial charge on any atom is -0.504 e. The highest BCUT2D eigenvalue weighted by Gasteiger charge is 2.35. The van der Waals surface area contributed by atoms with Crippen LogP contribution in [-0.4, -0.2) is 45.3 Å². The number of benzene rings is 2. The lowest BCUT2D eigenvalue weighted by Crippen LogP contribution is -2.34. The summed E-state index contributed by atoms with van der Waals surface area (Å²) in [5, 5.41) is 20.9. The summed E-state index contributed by atoms with van der Waals surface area (Å²) in [6, 6.07) is 10.1. The van der Waals surface area contributed by atoms with E-state index in [4.69, 9.17) is 0 Å². The fraction of sp³-hybridized carbons (Fsp3) is 0.190. The van der Waals surface area contributed by atoms with Gasteiger partial charge in [-0.25, -0.2) is 4.39 Å². The van der Waals surface area contributed by atoms with Crippen LogP contribution < -0.4 is 5.32 Å². The average molecular weight is 430 g/mol. The molecule has 0 bridgehead atoms. The summed E-state index contributed by atoms with van der Waals surface area (Å²) in [6.45, 7) is 0.238. The molecule has 0 aromatic heterocycles. The van der Waals surface area contributed by atoms with Crippen LogP contribution in [0.3, 0.4) is 0 Å². The van der Waals surface area contributed by atoms with Crippen LogP contribution in [0.4, 0.5) is 9.18 Å². The van der Waals surface area contributed by atoms with Crippen LogP contribution in [0.2, 0.25) is 0 Å². The Kier molecular flexibility index (Phi) is 6.73. The number of rotatable bonds is 7. The molecule has 30 heavy (non-hydrogen) atoms. The standard InChI is InChI=1S/C21H19FN2O5S/c22-15-3-1-2-14(10-15)12-18-20(28)24(21(29)30-18)9-7-19(27)23-8-6-13-4-5-16(25)17(26)11-13/h1-5,10-12,25-26H,6-9H2,(H,23,27). The van der Waals surface area contributed by atoms with Crippen molar-refractivity contribution in [2.24, 2.45) is 0 Å². The van der Waals surface area contributed by atoms with Crippen molar-refractivity contribution in [2.75, 3.05) is 13.1 Å². The normalized spacial score (nSPS) is 15.1. The summed E-state index contributed by atoms with van der Waals surface area (Å²) in [5.41, 5.74) is 1.21. The van der Waals surface area contributed by atoms with Gasteiger partial charge in [0.05, 0.1) is 4.91 Å². The zero-order valence-electron chi connectivity index (χ0n) is 15.8. The van der Waals surface area contributed by atoms with Gasteiger partial charge in [0.15, 0.2) is 11.5 Å². The molecule has 0 aliphatic carbocycles. The highest BCUT2D eigenvalue weighted by atomic mass is 32.2. The molecule has 0 spiro atoms. The van der Waals surface area contributed by atoms with E-state index in [1.54, 1.807) is 12.1 Å². The van der Waals surface area contributed by atoms with Crippen molar-refractivity contribution in [1.29, 1.82) is 0 Å². The summed E-state index contributed by atoms with van der Waals surface area (Å²) in [7, 11) is 0. The first-order valence-corrected chi connectivity index (χ1v) is 9.93. The van der Waals surface area contributed by atoms with E-state index in [1.807, 2.05) is 0 Å². The van der Waals surface area contributed by atoms with Crippen LogP contribution in [0.25, 0.3) is 6.08 Å². The van der Waals surface area contributed by atoms with Crippen molar-refractivity contribution < 1.29 is 29.0 Å². The second kappa shape index (κ2) is 9.45. The van der Waals surface area contributed by atoms with Gasteiger partial charge in [0.25, 0.3) is 11.1 Å². The van der Waals surface area contributed by atoms with E-state index in [0.29, 0.717) is 18.5 Å². The molecule has 0 radical (unpaired) electrons. The van der Waals surface area contributed by atoms with Gasteiger partial charge < -0.3 is 15.5 Å². The first kappa shape index (κ1) is 21.4. The molecule has 7 nitrogen and oxygen atoms in total. The van der Waals surface area contributed by atoms with Crippen LogP contribution in [0.15, 0.2) is 47.4 Å². The monoisotopic (exact) mass is 430 g/mol. The smallest absolute Gasteiger partial charge is 0.293 e. The fourth-order valence-electron chi connectivity index (χ4n) is 2.81. The van der Waals surface area contributed by atoms with E-state index < -0.39 is 17.0 Å². The molecule has 0 unspecified atom stereocenters. The van der Waals surface area contributed by atoms with Gasteiger partial charge in [0.1, 0.15) is 5.82 Å².